The molecule has 0 bridgehead atoms. The Labute approximate surface area is 141 Å². The van der Waals surface area contributed by atoms with E-state index in [9.17, 15) is 0 Å². The Hall–Kier alpha value is -1.50. The smallest absolute Gasteiger partial charge is 0.130 e. The van der Waals surface area contributed by atoms with Crippen molar-refractivity contribution in [1.29, 1.82) is 0 Å². The van der Waals surface area contributed by atoms with Gasteiger partial charge in [0, 0.05) is 0 Å². The Balaban J connectivity index is 1.65. The molecule has 0 amide bonds. The zero-order valence-electron chi connectivity index (χ0n) is 15.1. The molecule has 0 heterocycles. The summed E-state index contributed by atoms with van der Waals surface area (Å²) in [5.74, 6) is 3.72. The molecule has 1 heteroatoms. The summed E-state index contributed by atoms with van der Waals surface area (Å²) >= 11 is 0. The second kappa shape index (κ2) is 6.55. The van der Waals surface area contributed by atoms with E-state index in [-0.39, 0.29) is 0 Å². The zero-order valence-corrected chi connectivity index (χ0v) is 15.1. The fourth-order valence-electron chi connectivity index (χ4n) is 4.07. The number of allylic oxidation sites excluding steroid dienone is 3. The van der Waals surface area contributed by atoms with Gasteiger partial charge in [-0.3, -0.25) is 0 Å². The minimum absolute atomic E-state index is 0.315. The van der Waals surface area contributed by atoms with E-state index in [2.05, 4.69) is 64.1 Å². The van der Waals surface area contributed by atoms with Gasteiger partial charge in [-0.25, -0.2) is 0 Å². The first-order valence-electron chi connectivity index (χ1n) is 9.11. The van der Waals surface area contributed by atoms with Crippen molar-refractivity contribution in [3.8, 4) is 5.75 Å². The van der Waals surface area contributed by atoms with Crippen molar-refractivity contribution in [2.75, 3.05) is 0 Å². The highest BCUT2D eigenvalue weighted by Crippen LogP contribution is 2.45. The molecule has 0 radical (unpaired) electrons. The van der Waals surface area contributed by atoms with Gasteiger partial charge in [-0.2, -0.15) is 0 Å². The van der Waals surface area contributed by atoms with Crippen LogP contribution < -0.4 is 4.74 Å². The van der Waals surface area contributed by atoms with Crippen LogP contribution >= 0.6 is 0 Å². The fourth-order valence-corrected chi connectivity index (χ4v) is 4.07. The molecular formula is C22H30O. The molecule has 1 aromatic carbocycles. The highest BCUT2D eigenvalue weighted by Gasteiger charge is 2.34. The average molecular weight is 310 g/mol. The second-order valence-corrected chi connectivity index (χ2v) is 7.98. The third-order valence-electron chi connectivity index (χ3n) is 5.88. The summed E-state index contributed by atoms with van der Waals surface area (Å²) in [6.45, 7) is 9.05. The van der Waals surface area contributed by atoms with E-state index < -0.39 is 0 Å². The molecule has 0 aliphatic heterocycles. The zero-order chi connectivity index (χ0) is 16.4. The van der Waals surface area contributed by atoms with Crippen LogP contribution in [0.15, 0.2) is 42.2 Å². The maximum Gasteiger partial charge on any atom is 0.130 e. The summed E-state index contributed by atoms with van der Waals surface area (Å²) in [6, 6.07) is 6.37. The quantitative estimate of drug-likeness (QED) is 0.631. The minimum atomic E-state index is 0.315. The molecule has 3 rings (SSSR count). The number of aryl methyl sites for hydroxylation is 2. The maximum absolute atomic E-state index is 6.11. The Kier molecular flexibility index (Phi) is 4.66. The Morgan fingerprint density at radius 3 is 2.43 bits per heavy atom. The third kappa shape index (κ3) is 3.71. The van der Waals surface area contributed by atoms with Crippen LogP contribution in [-0.4, -0.2) is 0 Å². The molecule has 1 nitrogen and oxygen atoms in total. The molecule has 1 fully saturated rings. The topological polar surface area (TPSA) is 9.23 Å². The van der Waals surface area contributed by atoms with E-state index in [0.717, 1.165) is 29.8 Å². The summed E-state index contributed by atoms with van der Waals surface area (Å²) in [6.07, 6.45) is 13.5. The van der Waals surface area contributed by atoms with E-state index in [1.54, 1.807) is 0 Å². The van der Waals surface area contributed by atoms with Crippen molar-refractivity contribution in [1.82, 2.24) is 0 Å². The first-order valence-corrected chi connectivity index (χ1v) is 9.11. The van der Waals surface area contributed by atoms with Crippen molar-refractivity contribution in [3.63, 3.8) is 0 Å². The van der Waals surface area contributed by atoms with Gasteiger partial charge in [0.2, 0.25) is 0 Å². The molecule has 0 aromatic heterocycles. The van der Waals surface area contributed by atoms with E-state index >= 15 is 0 Å². The van der Waals surface area contributed by atoms with Gasteiger partial charge in [0.15, 0.2) is 0 Å². The normalized spacial score (nSPS) is 30.9. The highest BCUT2D eigenvalue weighted by atomic mass is 16.5. The van der Waals surface area contributed by atoms with E-state index in [4.69, 9.17) is 4.74 Å². The third-order valence-corrected chi connectivity index (χ3v) is 5.88. The number of ether oxygens (including phenoxy) is 1. The Morgan fingerprint density at radius 2 is 1.83 bits per heavy atom. The molecule has 1 unspecified atom stereocenters. The minimum Gasteiger partial charge on any atom is -0.457 e. The van der Waals surface area contributed by atoms with Crippen molar-refractivity contribution >= 4 is 0 Å². The van der Waals surface area contributed by atoms with Crippen LogP contribution in [0.25, 0.3) is 0 Å². The van der Waals surface area contributed by atoms with Gasteiger partial charge in [0.05, 0.1) is 0 Å². The van der Waals surface area contributed by atoms with Crippen LogP contribution in [-0.2, 0) is 0 Å². The molecule has 0 N–H and O–H groups in total. The van der Waals surface area contributed by atoms with Crippen LogP contribution in [0.3, 0.4) is 0 Å². The summed E-state index contributed by atoms with van der Waals surface area (Å²) in [5, 5.41) is 0. The van der Waals surface area contributed by atoms with Crippen LogP contribution in [0, 0.1) is 31.1 Å². The van der Waals surface area contributed by atoms with Gasteiger partial charge >= 0.3 is 0 Å². The van der Waals surface area contributed by atoms with Crippen molar-refractivity contribution in [2.24, 2.45) is 17.3 Å². The number of benzene rings is 1. The van der Waals surface area contributed by atoms with Crippen molar-refractivity contribution in [2.45, 2.75) is 59.8 Å². The van der Waals surface area contributed by atoms with Crippen LogP contribution in [0.2, 0.25) is 0 Å². The SMILES string of the molecule is Cc1ccc(OC2=CCC(C)(C3CCC(C)CC3)C=C2)c(C)c1. The monoisotopic (exact) mass is 310 g/mol. The first-order chi connectivity index (χ1) is 11.0. The van der Waals surface area contributed by atoms with Gasteiger partial charge < -0.3 is 4.74 Å². The van der Waals surface area contributed by atoms with Crippen molar-refractivity contribution in [3.05, 3.63) is 53.3 Å². The fraction of sp³-hybridized carbons (Fsp3) is 0.545. The predicted molar refractivity (Wildman–Crippen MR) is 97.6 cm³/mol. The van der Waals surface area contributed by atoms with Gasteiger partial charge in [-0.1, -0.05) is 50.5 Å². The summed E-state index contributed by atoms with van der Waals surface area (Å²) < 4.78 is 6.11. The first kappa shape index (κ1) is 16.4. The maximum atomic E-state index is 6.11. The number of hydrogen-bond donors (Lipinski definition) is 0. The largest absolute Gasteiger partial charge is 0.457 e. The second-order valence-electron chi connectivity index (χ2n) is 7.98. The molecule has 0 saturated heterocycles. The lowest BCUT2D eigenvalue weighted by atomic mass is 9.65. The van der Waals surface area contributed by atoms with Gasteiger partial charge in [-0.05, 0) is 74.1 Å². The Bertz CT molecular complexity index is 617. The van der Waals surface area contributed by atoms with Crippen molar-refractivity contribution < 1.29 is 4.74 Å². The van der Waals surface area contributed by atoms with Crippen LogP contribution in [0.4, 0.5) is 0 Å². The molecule has 2 aliphatic carbocycles. The average Bonchev–Trinajstić information content (AvgIpc) is 2.53. The van der Waals surface area contributed by atoms with Gasteiger partial charge in [0.1, 0.15) is 11.5 Å². The van der Waals surface area contributed by atoms with Crippen LogP contribution in [0.5, 0.6) is 5.75 Å². The summed E-state index contributed by atoms with van der Waals surface area (Å²) in [5.41, 5.74) is 2.80. The van der Waals surface area contributed by atoms with Crippen LogP contribution in [0.1, 0.15) is 57.1 Å². The lowest BCUT2D eigenvalue weighted by molar-refractivity contribution is 0.163. The van der Waals surface area contributed by atoms with E-state index in [1.165, 1.54) is 36.8 Å². The molecule has 23 heavy (non-hydrogen) atoms. The highest BCUT2D eigenvalue weighted by molar-refractivity contribution is 5.38. The molecule has 1 saturated carbocycles. The molecule has 2 aliphatic rings. The lowest BCUT2D eigenvalue weighted by Crippen LogP contribution is -2.30. The van der Waals surface area contributed by atoms with Gasteiger partial charge in [0.25, 0.3) is 0 Å². The van der Waals surface area contributed by atoms with Gasteiger partial charge in [-0.15, -0.1) is 0 Å². The van der Waals surface area contributed by atoms with E-state index in [0.29, 0.717) is 5.41 Å². The molecule has 124 valence electrons. The lowest BCUT2D eigenvalue weighted by Gasteiger charge is -2.40. The number of hydrogen-bond acceptors (Lipinski definition) is 1. The standard InChI is InChI=1S/C22H30O/c1-16-5-8-19(9-6-16)22(4)13-11-20(12-14-22)23-21-10-7-17(2)15-18(21)3/h7,10-13,15-16,19H,5-6,8-9,14H2,1-4H3. The Morgan fingerprint density at radius 1 is 1.09 bits per heavy atom. The molecule has 1 atom stereocenters. The molecule has 0 spiro atoms. The molecular weight excluding hydrogens is 280 g/mol. The predicted octanol–water partition coefficient (Wildman–Crippen LogP) is 6.36. The number of rotatable bonds is 3. The molecule has 1 aromatic rings. The summed E-state index contributed by atoms with van der Waals surface area (Å²) in [4.78, 5) is 0. The summed E-state index contributed by atoms with van der Waals surface area (Å²) in [7, 11) is 0. The van der Waals surface area contributed by atoms with E-state index in [1.807, 2.05) is 0 Å².